The molecule has 1 heterocycles. The molecule has 4 rings (SSSR count). The standard InChI is InChI=1S/C25H27ClO3/c1-2-3-4-5-9-17-14-21-19-11-8-12-20(19)25(27)29-24(21)15-23(17)28-16-18-10-6-7-13-22(18)26/h6-7,10,13-15H,2-5,8-9,11-12,16H2,1H3. The summed E-state index contributed by atoms with van der Waals surface area (Å²) in [5, 5.41) is 1.77. The first kappa shape index (κ1) is 20.0. The predicted octanol–water partition coefficient (Wildman–Crippen LogP) is 6.64. The first-order valence-corrected chi connectivity index (χ1v) is 11.0. The van der Waals surface area contributed by atoms with Crippen LogP contribution in [0.4, 0.5) is 0 Å². The van der Waals surface area contributed by atoms with E-state index in [0.717, 1.165) is 54.4 Å². The third-order valence-corrected chi connectivity index (χ3v) is 6.16. The molecule has 0 fully saturated rings. The van der Waals surface area contributed by atoms with Crippen LogP contribution in [0, 0.1) is 0 Å². The van der Waals surface area contributed by atoms with Gasteiger partial charge in [0.05, 0.1) is 0 Å². The van der Waals surface area contributed by atoms with Crippen LogP contribution in [0.2, 0.25) is 5.02 Å². The topological polar surface area (TPSA) is 39.4 Å². The Morgan fingerprint density at radius 2 is 1.86 bits per heavy atom. The summed E-state index contributed by atoms with van der Waals surface area (Å²) in [5.74, 6) is 0.787. The van der Waals surface area contributed by atoms with Crippen LogP contribution in [0.5, 0.6) is 5.75 Å². The Kier molecular flexibility index (Phi) is 6.25. The van der Waals surface area contributed by atoms with Crippen LogP contribution in [-0.4, -0.2) is 0 Å². The zero-order valence-corrected chi connectivity index (χ0v) is 17.7. The van der Waals surface area contributed by atoms with E-state index < -0.39 is 0 Å². The van der Waals surface area contributed by atoms with Crippen molar-refractivity contribution in [1.82, 2.24) is 0 Å². The summed E-state index contributed by atoms with van der Waals surface area (Å²) >= 11 is 6.29. The Bertz CT molecular complexity index is 1070. The summed E-state index contributed by atoms with van der Waals surface area (Å²) in [4.78, 5) is 12.4. The maximum atomic E-state index is 12.4. The van der Waals surface area contributed by atoms with Crippen molar-refractivity contribution in [1.29, 1.82) is 0 Å². The highest BCUT2D eigenvalue weighted by molar-refractivity contribution is 6.31. The van der Waals surface area contributed by atoms with Crippen molar-refractivity contribution < 1.29 is 9.15 Å². The van der Waals surface area contributed by atoms with Gasteiger partial charge in [-0.15, -0.1) is 0 Å². The Labute approximate surface area is 176 Å². The van der Waals surface area contributed by atoms with Gasteiger partial charge in [0.2, 0.25) is 0 Å². The smallest absolute Gasteiger partial charge is 0.339 e. The molecule has 0 atom stereocenters. The number of unbranched alkanes of at least 4 members (excludes halogenated alkanes) is 3. The van der Waals surface area contributed by atoms with Crippen LogP contribution in [0.25, 0.3) is 11.0 Å². The molecule has 0 saturated heterocycles. The van der Waals surface area contributed by atoms with Gasteiger partial charge in [0.25, 0.3) is 0 Å². The highest BCUT2D eigenvalue weighted by Gasteiger charge is 2.21. The molecule has 1 aromatic heterocycles. The highest BCUT2D eigenvalue weighted by atomic mass is 35.5. The molecule has 0 bridgehead atoms. The van der Waals surface area contributed by atoms with Gasteiger partial charge in [0.1, 0.15) is 17.9 Å². The van der Waals surface area contributed by atoms with Crippen molar-refractivity contribution in [3.05, 3.63) is 74.1 Å². The molecule has 0 unspecified atom stereocenters. The molecular formula is C25H27ClO3. The fraction of sp³-hybridized carbons (Fsp3) is 0.400. The van der Waals surface area contributed by atoms with Gasteiger partial charge < -0.3 is 9.15 Å². The molecule has 0 aliphatic heterocycles. The zero-order valence-electron chi connectivity index (χ0n) is 16.9. The summed E-state index contributed by atoms with van der Waals surface area (Å²) in [6, 6.07) is 11.8. The van der Waals surface area contributed by atoms with Gasteiger partial charge >= 0.3 is 5.63 Å². The van der Waals surface area contributed by atoms with Gasteiger partial charge in [-0.3, -0.25) is 0 Å². The maximum absolute atomic E-state index is 12.4. The molecule has 0 saturated carbocycles. The second-order valence-electron chi connectivity index (χ2n) is 7.85. The van der Waals surface area contributed by atoms with Crippen LogP contribution in [-0.2, 0) is 25.9 Å². The number of ether oxygens (including phenoxy) is 1. The van der Waals surface area contributed by atoms with Crippen molar-refractivity contribution in [3.63, 3.8) is 0 Å². The van der Waals surface area contributed by atoms with E-state index in [-0.39, 0.29) is 5.63 Å². The summed E-state index contributed by atoms with van der Waals surface area (Å²) in [7, 11) is 0. The maximum Gasteiger partial charge on any atom is 0.339 e. The van der Waals surface area contributed by atoms with Crippen LogP contribution >= 0.6 is 11.6 Å². The monoisotopic (exact) mass is 410 g/mol. The molecule has 29 heavy (non-hydrogen) atoms. The minimum absolute atomic E-state index is 0.197. The van der Waals surface area contributed by atoms with E-state index in [1.165, 1.54) is 30.4 Å². The largest absolute Gasteiger partial charge is 0.488 e. The molecule has 3 aromatic rings. The Morgan fingerprint density at radius 1 is 1.03 bits per heavy atom. The van der Waals surface area contributed by atoms with E-state index in [1.807, 2.05) is 30.3 Å². The fourth-order valence-corrected chi connectivity index (χ4v) is 4.39. The van der Waals surface area contributed by atoms with Gasteiger partial charge in [0, 0.05) is 27.6 Å². The van der Waals surface area contributed by atoms with Crippen LogP contribution in [0.15, 0.2) is 45.6 Å². The minimum atomic E-state index is -0.197. The Hall–Kier alpha value is -2.26. The van der Waals surface area contributed by atoms with Crippen molar-refractivity contribution in [2.24, 2.45) is 0 Å². The average Bonchev–Trinajstić information content (AvgIpc) is 3.22. The molecule has 0 amide bonds. The molecule has 0 spiro atoms. The number of rotatable bonds is 8. The average molecular weight is 411 g/mol. The lowest BCUT2D eigenvalue weighted by molar-refractivity contribution is 0.302. The van der Waals surface area contributed by atoms with Crippen molar-refractivity contribution in [2.45, 2.75) is 64.9 Å². The number of aryl methyl sites for hydroxylation is 2. The third kappa shape index (κ3) is 4.35. The Balaban J connectivity index is 1.69. The normalized spacial score (nSPS) is 13.0. The number of fused-ring (bicyclic) bond motifs is 3. The first-order valence-electron chi connectivity index (χ1n) is 10.6. The molecule has 2 aromatic carbocycles. The van der Waals surface area contributed by atoms with Gasteiger partial charge in [-0.05, 0) is 55.4 Å². The quantitative estimate of drug-likeness (QED) is 0.308. The van der Waals surface area contributed by atoms with Crippen molar-refractivity contribution in [3.8, 4) is 5.75 Å². The van der Waals surface area contributed by atoms with Gasteiger partial charge in [-0.1, -0.05) is 56.0 Å². The van der Waals surface area contributed by atoms with Crippen molar-refractivity contribution >= 4 is 22.6 Å². The molecular weight excluding hydrogens is 384 g/mol. The number of halogens is 1. The van der Waals surface area contributed by atoms with E-state index in [1.54, 1.807) is 0 Å². The third-order valence-electron chi connectivity index (χ3n) is 5.80. The fourth-order valence-electron chi connectivity index (χ4n) is 4.20. The number of benzene rings is 2. The Morgan fingerprint density at radius 3 is 2.69 bits per heavy atom. The highest BCUT2D eigenvalue weighted by Crippen LogP contribution is 2.33. The minimum Gasteiger partial charge on any atom is -0.488 e. The molecule has 1 aliphatic carbocycles. The summed E-state index contributed by atoms with van der Waals surface area (Å²) in [6.07, 6.45) is 8.55. The second-order valence-corrected chi connectivity index (χ2v) is 8.25. The van der Waals surface area contributed by atoms with Gasteiger partial charge in [-0.25, -0.2) is 4.79 Å². The lowest BCUT2D eigenvalue weighted by Gasteiger charge is -2.15. The summed E-state index contributed by atoms with van der Waals surface area (Å²) in [6.45, 7) is 2.61. The SMILES string of the molecule is CCCCCCc1cc2c3c(c(=O)oc2cc1OCc1ccccc1Cl)CCC3. The van der Waals surface area contributed by atoms with E-state index >= 15 is 0 Å². The van der Waals surface area contributed by atoms with Crippen LogP contribution in [0.3, 0.4) is 0 Å². The molecule has 4 heteroatoms. The van der Waals surface area contributed by atoms with Gasteiger partial charge in [0.15, 0.2) is 0 Å². The van der Waals surface area contributed by atoms with Crippen molar-refractivity contribution in [2.75, 3.05) is 0 Å². The first-order chi connectivity index (χ1) is 14.2. The summed E-state index contributed by atoms with van der Waals surface area (Å²) < 4.78 is 11.8. The molecule has 0 radical (unpaired) electrons. The van der Waals surface area contributed by atoms with E-state index in [9.17, 15) is 4.79 Å². The van der Waals surface area contributed by atoms with E-state index in [4.69, 9.17) is 20.8 Å². The number of hydrogen-bond donors (Lipinski definition) is 0. The van der Waals surface area contributed by atoms with E-state index in [2.05, 4.69) is 13.0 Å². The summed E-state index contributed by atoms with van der Waals surface area (Å²) in [5.41, 5.74) is 4.59. The molecule has 152 valence electrons. The lowest BCUT2D eigenvalue weighted by Crippen LogP contribution is -2.08. The zero-order chi connectivity index (χ0) is 20.2. The number of hydrogen-bond acceptors (Lipinski definition) is 3. The predicted molar refractivity (Wildman–Crippen MR) is 118 cm³/mol. The van der Waals surface area contributed by atoms with Gasteiger partial charge in [-0.2, -0.15) is 0 Å². The second kappa shape index (κ2) is 9.04. The lowest BCUT2D eigenvalue weighted by atomic mass is 10.00. The van der Waals surface area contributed by atoms with E-state index in [0.29, 0.717) is 17.2 Å². The molecule has 1 aliphatic rings. The molecule has 3 nitrogen and oxygen atoms in total. The van der Waals surface area contributed by atoms with Crippen LogP contribution < -0.4 is 10.4 Å². The van der Waals surface area contributed by atoms with Crippen LogP contribution in [0.1, 0.15) is 61.3 Å². The molecule has 0 N–H and O–H groups in total.